The number of halogens is 1. The normalized spacial score (nSPS) is 22.4. The van der Waals surface area contributed by atoms with Gasteiger partial charge in [0.15, 0.2) is 0 Å². The van der Waals surface area contributed by atoms with Gasteiger partial charge in [-0.3, -0.25) is 4.90 Å². The Balaban J connectivity index is 1.60. The summed E-state index contributed by atoms with van der Waals surface area (Å²) in [7, 11) is 1.74. The van der Waals surface area contributed by atoms with Crippen molar-refractivity contribution in [1.29, 1.82) is 0 Å². The highest BCUT2D eigenvalue weighted by molar-refractivity contribution is 9.10. The lowest BCUT2D eigenvalue weighted by Gasteiger charge is -2.44. The Morgan fingerprint density at radius 2 is 1.81 bits per heavy atom. The minimum absolute atomic E-state index is 0.695. The number of hydrogen-bond donors (Lipinski definition) is 0. The Labute approximate surface area is 137 Å². The predicted octanol–water partition coefficient (Wildman–Crippen LogP) is 5.00. The molecule has 0 bridgehead atoms. The number of nitrogens with zero attached hydrogens (tertiary/aromatic N) is 1. The zero-order valence-corrected chi connectivity index (χ0v) is 14.6. The second-order valence-electron chi connectivity index (χ2n) is 6.79. The van der Waals surface area contributed by atoms with E-state index in [4.69, 9.17) is 4.74 Å². The van der Waals surface area contributed by atoms with Crippen LogP contribution in [0.4, 0.5) is 0 Å². The molecular formula is C18H26BrNO. The molecule has 3 heteroatoms. The second-order valence-corrected chi connectivity index (χ2v) is 7.65. The lowest BCUT2D eigenvalue weighted by atomic mass is 9.68. The van der Waals surface area contributed by atoms with E-state index in [0.29, 0.717) is 5.41 Å². The molecule has 2 aliphatic rings. The Kier molecular flexibility index (Phi) is 4.90. The van der Waals surface area contributed by atoms with E-state index in [2.05, 4.69) is 33.0 Å². The standard InChI is InChI=1S/C18H26BrNO/c1-21-16-5-6-17(19)15(13-16)14-20-11-9-18(10-12-20)7-3-2-4-8-18/h5-6,13H,2-4,7-12,14H2,1H3. The Morgan fingerprint density at radius 3 is 2.48 bits per heavy atom. The first-order valence-corrected chi connectivity index (χ1v) is 9.05. The van der Waals surface area contributed by atoms with Crippen molar-refractivity contribution in [2.24, 2.45) is 5.41 Å². The van der Waals surface area contributed by atoms with Crippen molar-refractivity contribution in [3.8, 4) is 5.75 Å². The summed E-state index contributed by atoms with van der Waals surface area (Å²) < 4.78 is 6.55. The van der Waals surface area contributed by atoms with Gasteiger partial charge in [0.05, 0.1) is 7.11 Å². The van der Waals surface area contributed by atoms with E-state index in [1.807, 2.05) is 6.07 Å². The average molecular weight is 352 g/mol. The fourth-order valence-electron chi connectivity index (χ4n) is 4.03. The van der Waals surface area contributed by atoms with Gasteiger partial charge < -0.3 is 4.74 Å². The SMILES string of the molecule is COc1ccc(Br)c(CN2CCC3(CCCCC3)CC2)c1. The molecule has 0 amide bonds. The minimum atomic E-state index is 0.695. The summed E-state index contributed by atoms with van der Waals surface area (Å²) in [5, 5.41) is 0. The quantitative estimate of drug-likeness (QED) is 0.759. The number of ether oxygens (including phenoxy) is 1. The van der Waals surface area contributed by atoms with Crippen molar-refractivity contribution >= 4 is 15.9 Å². The average Bonchev–Trinajstić information content (AvgIpc) is 2.53. The maximum Gasteiger partial charge on any atom is 0.119 e. The van der Waals surface area contributed by atoms with Crippen LogP contribution in [0, 0.1) is 5.41 Å². The molecule has 1 saturated carbocycles. The third-order valence-corrected chi connectivity index (χ3v) is 6.25. The van der Waals surface area contributed by atoms with Crippen LogP contribution in [0.1, 0.15) is 50.5 Å². The van der Waals surface area contributed by atoms with Gasteiger partial charge in [0.25, 0.3) is 0 Å². The molecule has 116 valence electrons. The van der Waals surface area contributed by atoms with Crippen LogP contribution >= 0.6 is 15.9 Å². The number of hydrogen-bond acceptors (Lipinski definition) is 2. The smallest absolute Gasteiger partial charge is 0.119 e. The summed E-state index contributed by atoms with van der Waals surface area (Å²) in [6, 6.07) is 6.27. The Morgan fingerprint density at radius 1 is 1.10 bits per heavy atom. The molecule has 2 fully saturated rings. The molecule has 1 aliphatic heterocycles. The summed E-state index contributed by atoms with van der Waals surface area (Å²) in [6.07, 6.45) is 10.1. The highest BCUT2D eigenvalue weighted by Gasteiger charge is 2.35. The lowest BCUT2D eigenvalue weighted by molar-refractivity contribution is 0.0640. The van der Waals surface area contributed by atoms with Gasteiger partial charge in [0.2, 0.25) is 0 Å². The Hall–Kier alpha value is -0.540. The maximum atomic E-state index is 5.35. The van der Waals surface area contributed by atoms with Gasteiger partial charge in [-0.05, 0) is 68.0 Å². The molecule has 21 heavy (non-hydrogen) atoms. The molecule has 1 spiro atoms. The molecule has 0 radical (unpaired) electrons. The highest BCUT2D eigenvalue weighted by atomic mass is 79.9. The number of piperidine rings is 1. The fourth-order valence-corrected chi connectivity index (χ4v) is 4.40. The zero-order valence-electron chi connectivity index (χ0n) is 13.0. The van der Waals surface area contributed by atoms with Crippen molar-refractivity contribution in [3.05, 3.63) is 28.2 Å². The minimum Gasteiger partial charge on any atom is -0.497 e. The number of benzene rings is 1. The van der Waals surface area contributed by atoms with Crippen LogP contribution in [0.3, 0.4) is 0 Å². The largest absolute Gasteiger partial charge is 0.497 e. The van der Waals surface area contributed by atoms with Crippen LogP contribution in [-0.2, 0) is 6.54 Å². The van der Waals surface area contributed by atoms with E-state index < -0.39 is 0 Å². The molecule has 0 atom stereocenters. The third kappa shape index (κ3) is 3.62. The molecule has 0 N–H and O–H groups in total. The maximum absolute atomic E-state index is 5.35. The lowest BCUT2D eigenvalue weighted by Crippen LogP contribution is -2.40. The molecule has 1 saturated heterocycles. The van der Waals surface area contributed by atoms with Crippen LogP contribution in [0.5, 0.6) is 5.75 Å². The topological polar surface area (TPSA) is 12.5 Å². The number of likely N-dealkylation sites (tertiary alicyclic amines) is 1. The van der Waals surface area contributed by atoms with Crippen LogP contribution in [0.25, 0.3) is 0 Å². The Bertz CT molecular complexity index is 472. The van der Waals surface area contributed by atoms with Gasteiger partial charge in [-0.15, -0.1) is 0 Å². The summed E-state index contributed by atoms with van der Waals surface area (Å²) in [4.78, 5) is 2.61. The van der Waals surface area contributed by atoms with E-state index in [9.17, 15) is 0 Å². The molecule has 3 rings (SSSR count). The summed E-state index contributed by atoms with van der Waals surface area (Å²) in [5.41, 5.74) is 2.04. The van der Waals surface area contributed by atoms with Crippen molar-refractivity contribution in [2.75, 3.05) is 20.2 Å². The van der Waals surface area contributed by atoms with E-state index >= 15 is 0 Å². The van der Waals surface area contributed by atoms with Crippen molar-refractivity contribution in [3.63, 3.8) is 0 Å². The fraction of sp³-hybridized carbons (Fsp3) is 0.667. The molecular weight excluding hydrogens is 326 g/mol. The van der Waals surface area contributed by atoms with Crippen molar-refractivity contribution in [2.45, 2.75) is 51.5 Å². The molecule has 1 heterocycles. The number of rotatable bonds is 3. The third-order valence-electron chi connectivity index (χ3n) is 5.48. The molecule has 1 aromatic carbocycles. The van der Waals surface area contributed by atoms with E-state index in [1.165, 1.54) is 68.1 Å². The van der Waals surface area contributed by atoms with Crippen LogP contribution < -0.4 is 4.74 Å². The van der Waals surface area contributed by atoms with Gasteiger partial charge in [0.1, 0.15) is 5.75 Å². The molecule has 0 aromatic heterocycles. The molecule has 1 aromatic rings. The van der Waals surface area contributed by atoms with E-state index in [-0.39, 0.29) is 0 Å². The van der Waals surface area contributed by atoms with Crippen LogP contribution in [-0.4, -0.2) is 25.1 Å². The van der Waals surface area contributed by atoms with Gasteiger partial charge in [-0.25, -0.2) is 0 Å². The van der Waals surface area contributed by atoms with Crippen LogP contribution in [0.15, 0.2) is 22.7 Å². The first kappa shape index (κ1) is 15.4. The molecule has 0 unspecified atom stereocenters. The van der Waals surface area contributed by atoms with Crippen molar-refractivity contribution in [1.82, 2.24) is 4.90 Å². The van der Waals surface area contributed by atoms with E-state index in [1.54, 1.807) is 7.11 Å². The van der Waals surface area contributed by atoms with Gasteiger partial charge in [-0.2, -0.15) is 0 Å². The van der Waals surface area contributed by atoms with Gasteiger partial charge in [0, 0.05) is 11.0 Å². The first-order chi connectivity index (χ1) is 10.2. The zero-order chi connectivity index (χ0) is 14.7. The van der Waals surface area contributed by atoms with Gasteiger partial charge >= 0.3 is 0 Å². The summed E-state index contributed by atoms with van der Waals surface area (Å²) in [6.45, 7) is 3.54. The molecule has 2 nitrogen and oxygen atoms in total. The van der Waals surface area contributed by atoms with Crippen LogP contribution in [0.2, 0.25) is 0 Å². The van der Waals surface area contributed by atoms with Gasteiger partial charge in [-0.1, -0.05) is 35.2 Å². The second kappa shape index (κ2) is 6.70. The predicted molar refractivity (Wildman–Crippen MR) is 90.7 cm³/mol. The summed E-state index contributed by atoms with van der Waals surface area (Å²) in [5.74, 6) is 0.953. The summed E-state index contributed by atoms with van der Waals surface area (Å²) >= 11 is 3.67. The molecule has 1 aliphatic carbocycles. The van der Waals surface area contributed by atoms with E-state index in [0.717, 1.165) is 12.3 Å². The highest BCUT2D eigenvalue weighted by Crippen LogP contribution is 2.44. The monoisotopic (exact) mass is 351 g/mol. The first-order valence-electron chi connectivity index (χ1n) is 8.26. The van der Waals surface area contributed by atoms with Crippen molar-refractivity contribution < 1.29 is 4.74 Å². The number of methoxy groups -OCH3 is 1.